The monoisotopic (exact) mass is 307 g/mol. The summed E-state index contributed by atoms with van der Waals surface area (Å²) in [6.45, 7) is 3.27. The van der Waals surface area contributed by atoms with Crippen LogP contribution in [0.1, 0.15) is 17.5 Å². The largest absolute Gasteiger partial charge is 0.368 e. The molecule has 2 saturated heterocycles. The van der Waals surface area contributed by atoms with Gasteiger partial charge in [0.05, 0.1) is 5.69 Å². The highest BCUT2D eigenvalue weighted by Crippen LogP contribution is 2.40. The molecule has 2 atom stereocenters. The average Bonchev–Trinajstić information content (AvgIpc) is 2.79. The molecule has 2 aromatic rings. The van der Waals surface area contributed by atoms with E-state index >= 15 is 0 Å². The van der Waals surface area contributed by atoms with Crippen molar-refractivity contribution in [3.63, 3.8) is 0 Å². The summed E-state index contributed by atoms with van der Waals surface area (Å²) in [5.74, 6) is 2.24. The van der Waals surface area contributed by atoms with Crippen LogP contribution in [-0.2, 0) is 12.8 Å². The number of nitrogens with one attached hydrogen (secondary N) is 1. The van der Waals surface area contributed by atoms with Gasteiger partial charge in [0.25, 0.3) is 0 Å². The van der Waals surface area contributed by atoms with Crippen LogP contribution in [0.5, 0.6) is 0 Å². The Labute approximate surface area is 135 Å². The fourth-order valence-corrected chi connectivity index (χ4v) is 4.37. The number of rotatable bonds is 1. The average molecular weight is 307 g/mol. The second-order valence-corrected chi connectivity index (χ2v) is 6.88. The van der Waals surface area contributed by atoms with Gasteiger partial charge in [0.15, 0.2) is 0 Å². The van der Waals surface area contributed by atoms with Crippen molar-refractivity contribution in [3.8, 4) is 11.3 Å². The Morgan fingerprint density at radius 1 is 1.13 bits per heavy atom. The van der Waals surface area contributed by atoms with Gasteiger partial charge in [-0.05, 0) is 24.8 Å². The molecule has 0 bridgehead atoms. The van der Waals surface area contributed by atoms with Gasteiger partial charge in [-0.15, -0.1) is 0 Å². The van der Waals surface area contributed by atoms with E-state index in [1.165, 1.54) is 16.7 Å². The van der Waals surface area contributed by atoms with Gasteiger partial charge in [0.2, 0.25) is 5.95 Å². The number of fused-ring (bicyclic) bond motifs is 4. The zero-order valence-electron chi connectivity index (χ0n) is 13.1. The van der Waals surface area contributed by atoms with Gasteiger partial charge in [-0.25, -0.2) is 4.98 Å². The number of nitrogen functional groups attached to an aromatic ring is 1. The third-order valence-corrected chi connectivity index (χ3v) is 5.56. The lowest BCUT2D eigenvalue weighted by Gasteiger charge is -2.45. The number of aryl methyl sites for hydroxylation is 1. The zero-order valence-corrected chi connectivity index (χ0v) is 13.1. The highest BCUT2D eigenvalue weighted by atomic mass is 15.3. The minimum Gasteiger partial charge on any atom is -0.368 e. The number of benzene rings is 1. The first-order valence-corrected chi connectivity index (χ1v) is 8.53. The molecular formula is C18H21N5. The number of hydrogen-bond donors (Lipinski definition) is 2. The molecule has 2 aliphatic heterocycles. The molecule has 1 aromatic carbocycles. The molecule has 5 nitrogen and oxygen atoms in total. The van der Waals surface area contributed by atoms with Gasteiger partial charge < -0.3 is 16.0 Å². The Hall–Kier alpha value is -2.14. The molecule has 0 saturated carbocycles. The highest BCUT2D eigenvalue weighted by molar-refractivity contribution is 5.74. The van der Waals surface area contributed by atoms with Crippen molar-refractivity contribution < 1.29 is 0 Å². The number of nitrogens with two attached hydrogens (primary N) is 1. The maximum atomic E-state index is 6.08. The molecule has 118 valence electrons. The molecule has 0 radical (unpaired) electrons. The van der Waals surface area contributed by atoms with Crippen LogP contribution in [0.3, 0.4) is 0 Å². The van der Waals surface area contributed by atoms with Gasteiger partial charge in [-0.2, -0.15) is 4.98 Å². The van der Waals surface area contributed by atoms with Crippen LogP contribution in [0, 0.1) is 5.92 Å². The lowest BCUT2D eigenvalue weighted by Crippen LogP contribution is -2.56. The summed E-state index contributed by atoms with van der Waals surface area (Å²) in [4.78, 5) is 11.7. The summed E-state index contributed by atoms with van der Waals surface area (Å²) in [5.41, 5.74) is 11.0. The van der Waals surface area contributed by atoms with E-state index in [9.17, 15) is 0 Å². The zero-order chi connectivity index (χ0) is 15.4. The summed E-state index contributed by atoms with van der Waals surface area (Å²) in [6.07, 6.45) is 3.27. The number of anilines is 2. The third-order valence-electron chi connectivity index (χ3n) is 5.56. The smallest absolute Gasteiger partial charge is 0.222 e. The fourth-order valence-electron chi connectivity index (χ4n) is 4.37. The first kappa shape index (κ1) is 13.3. The Morgan fingerprint density at radius 3 is 2.96 bits per heavy atom. The van der Waals surface area contributed by atoms with Crippen LogP contribution in [0.2, 0.25) is 0 Å². The molecule has 0 amide bonds. The van der Waals surface area contributed by atoms with E-state index < -0.39 is 0 Å². The summed E-state index contributed by atoms with van der Waals surface area (Å²) < 4.78 is 0. The Kier molecular flexibility index (Phi) is 2.85. The van der Waals surface area contributed by atoms with Crippen molar-refractivity contribution in [2.24, 2.45) is 5.92 Å². The third kappa shape index (κ3) is 1.96. The number of aromatic nitrogens is 2. The summed E-state index contributed by atoms with van der Waals surface area (Å²) in [7, 11) is 0. The van der Waals surface area contributed by atoms with Crippen molar-refractivity contribution in [3.05, 3.63) is 35.4 Å². The molecule has 0 spiro atoms. The quantitative estimate of drug-likeness (QED) is 0.838. The van der Waals surface area contributed by atoms with Gasteiger partial charge in [0.1, 0.15) is 5.82 Å². The van der Waals surface area contributed by atoms with Gasteiger partial charge in [0, 0.05) is 42.7 Å². The maximum absolute atomic E-state index is 6.08. The molecule has 2 fully saturated rings. The first-order chi connectivity index (χ1) is 11.3. The Balaban J connectivity index is 1.66. The van der Waals surface area contributed by atoms with E-state index in [2.05, 4.69) is 44.5 Å². The van der Waals surface area contributed by atoms with E-state index in [4.69, 9.17) is 5.73 Å². The van der Waals surface area contributed by atoms with Crippen LogP contribution in [0.15, 0.2) is 24.3 Å². The molecule has 2 unspecified atom stereocenters. The van der Waals surface area contributed by atoms with Crippen LogP contribution in [0.25, 0.3) is 11.3 Å². The van der Waals surface area contributed by atoms with Gasteiger partial charge >= 0.3 is 0 Å². The predicted octanol–water partition coefficient (Wildman–Crippen LogP) is 1.62. The second kappa shape index (κ2) is 4.93. The van der Waals surface area contributed by atoms with Crippen molar-refractivity contribution in [2.45, 2.75) is 25.3 Å². The molecule has 1 aromatic heterocycles. The normalized spacial score (nSPS) is 25.1. The lowest BCUT2D eigenvalue weighted by atomic mass is 9.91. The Bertz CT molecular complexity index is 772. The fraction of sp³-hybridized carbons (Fsp3) is 0.444. The van der Waals surface area contributed by atoms with Crippen LogP contribution in [0.4, 0.5) is 11.8 Å². The van der Waals surface area contributed by atoms with E-state index in [0.29, 0.717) is 12.0 Å². The molecule has 3 heterocycles. The molecule has 23 heavy (non-hydrogen) atoms. The first-order valence-electron chi connectivity index (χ1n) is 8.53. The van der Waals surface area contributed by atoms with Crippen molar-refractivity contribution in [1.82, 2.24) is 15.3 Å². The van der Waals surface area contributed by atoms with Crippen LogP contribution >= 0.6 is 0 Å². The molecular weight excluding hydrogens is 286 g/mol. The highest BCUT2D eigenvalue weighted by Gasteiger charge is 2.44. The molecule has 5 heteroatoms. The lowest BCUT2D eigenvalue weighted by molar-refractivity contribution is 0.361. The van der Waals surface area contributed by atoms with Crippen molar-refractivity contribution >= 4 is 11.8 Å². The molecule has 5 rings (SSSR count). The van der Waals surface area contributed by atoms with E-state index in [1.54, 1.807) is 0 Å². The number of hydrogen-bond acceptors (Lipinski definition) is 5. The van der Waals surface area contributed by atoms with E-state index in [-0.39, 0.29) is 0 Å². The molecule has 3 aliphatic rings. The predicted molar refractivity (Wildman–Crippen MR) is 91.4 cm³/mol. The minimum absolute atomic E-state index is 0.393. The standard InChI is InChI=1S/C18H21N5/c19-18-21-16-13-6-2-1-4-11(13)5-3-7-14(16)17(22-18)23-10-12-8-20-9-15(12)23/h1-2,4,6,12,15,20H,3,5,7-10H2,(H2,19,21,22). The number of nitrogens with zero attached hydrogens (tertiary/aromatic N) is 3. The topological polar surface area (TPSA) is 67.1 Å². The van der Waals surface area contributed by atoms with Crippen LogP contribution in [-0.4, -0.2) is 35.6 Å². The maximum Gasteiger partial charge on any atom is 0.222 e. The second-order valence-electron chi connectivity index (χ2n) is 6.88. The molecule has 1 aliphatic carbocycles. The van der Waals surface area contributed by atoms with E-state index in [0.717, 1.165) is 56.3 Å². The van der Waals surface area contributed by atoms with Crippen molar-refractivity contribution in [2.75, 3.05) is 30.3 Å². The van der Waals surface area contributed by atoms with Gasteiger partial charge in [-0.1, -0.05) is 24.3 Å². The van der Waals surface area contributed by atoms with Crippen LogP contribution < -0.4 is 16.0 Å². The molecule has 3 N–H and O–H groups in total. The summed E-state index contributed by atoms with van der Waals surface area (Å²) >= 11 is 0. The van der Waals surface area contributed by atoms with E-state index in [1.807, 2.05) is 0 Å². The minimum atomic E-state index is 0.393. The Morgan fingerprint density at radius 2 is 2.04 bits per heavy atom. The summed E-state index contributed by atoms with van der Waals surface area (Å²) in [5, 5.41) is 3.49. The summed E-state index contributed by atoms with van der Waals surface area (Å²) in [6, 6.07) is 9.16. The SMILES string of the molecule is Nc1nc2c(c(N3CC4CNCC43)n1)CCCc1ccccc1-2. The van der Waals surface area contributed by atoms with Gasteiger partial charge in [-0.3, -0.25) is 0 Å². The van der Waals surface area contributed by atoms with Crippen molar-refractivity contribution in [1.29, 1.82) is 0 Å².